The van der Waals surface area contributed by atoms with Gasteiger partial charge in [0.15, 0.2) is 0 Å². The van der Waals surface area contributed by atoms with Crippen molar-refractivity contribution in [3.8, 4) is 16.3 Å². The van der Waals surface area contributed by atoms with Crippen molar-refractivity contribution in [3.63, 3.8) is 0 Å². The lowest BCUT2D eigenvalue weighted by molar-refractivity contribution is 0.0696. The third-order valence-corrected chi connectivity index (χ3v) is 8.90. The number of hydrogen-bond acceptors (Lipinski definition) is 6. The fourth-order valence-electron chi connectivity index (χ4n) is 4.84. The minimum absolute atomic E-state index is 0.185. The lowest BCUT2D eigenvalue weighted by Crippen LogP contribution is -2.20. The van der Waals surface area contributed by atoms with Gasteiger partial charge in [-0.15, -0.1) is 11.3 Å². The van der Waals surface area contributed by atoms with Gasteiger partial charge in [0, 0.05) is 22.9 Å². The van der Waals surface area contributed by atoms with E-state index in [1.165, 1.54) is 67.1 Å². The molecule has 1 aliphatic rings. The van der Waals surface area contributed by atoms with E-state index in [2.05, 4.69) is 55.0 Å². The predicted octanol–water partition coefficient (Wildman–Crippen LogP) is 8.47. The van der Waals surface area contributed by atoms with E-state index in [0.717, 1.165) is 15.6 Å². The van der Waals surface area contributed by atoms with Gasteiger partial charge in [-0.05, 0) is 77.6 Å². The molecule has 0 saturated heterocycles. The Morgan fingerprint density at radius 1 is 1.08 bits per heavy atom. The Morgan fingerprint density at radius 2 is 1.86 bits per heavy atom. The summed E-state index contributed by atoms with van der Waals surface area (Å²) < 4.78 is 8.58. The van der Waals surface area contributed by atoms with Crippen molar-refractivity contribution in [1.82, 2.24) is 4.98 Å². The highest BCUT2D eigenvalue weighted by Gasteiger charge is 2.27. The lowest BCUT2D eigenvalue weighted by Gasteiger charge is -2.34. The molecule has 0 bridgehead atoms. The maximum absolute atomic E-state index is 11.2. The van der Waals surface area contributed by atoms with Gasteiger partial charge < -0.3 is 14.6 Å². The van der Waals surface area contributed by atoms with Crippen LogP contribution < -0.4 is 9.46 Å². The Hall–Kier alpha value is -3.03. The van der Waals surface area contributed by atoms with Crippen LogP contribution in [0.15, 0.2) is 65.0 Å². The van der Waals surface area contributed by atoms with Crippen LogP contribution in [0.1, 0.15) is 61.4 Å². The molecular formula is C29H30N2O3S2. The summed E-state index contributed by atoms with van der Waals surface area (Å²) in [5.74, 6) is 0.146. The van der Waals surface area contributed by atoms with Crippen LogP contribution in [0.4, 0.5) is 5.69 Å². The van der Waals surface area contributed by atoms with Crippen molar-refractivity contribution in [3.05, 3.63) is 71.1 Å². The second-order valence-corrected chi connectivity index (χ2v) is 11.9. The van der Waals surface area contributed by atoms with Crippen molar-refractivity contribution >= 4 is 45.7 Å². The zero-order valence-corrected chi connectivity index (χ0v) is 22.3. The standard InChI is InChI=1S/C29H30N2O3S2/c1-29(2)12-10-19(11-13-29)20-6-4-18-5-7-21(15-23(18)14-20)27-30-26(17-35-27)36-31-24-9-8-22(28(32)33)16-25(24)34-3/h4-9,14-17,19,31H,10-13H2,1-3H3,(H,32,33). The summed E-state index contributed by atoms with van der Waals surface area (Å²) in [5, 5.41) is 15.5. The molecule has 5 rings (SSSR count). The van der Waals surface area contributed by atoms with E-state index >= 15 is 0 Å². The number of nitrogens with zero attached hydrogens (tertiary/aromatic N) is 1. The van der Waals surface area contributed by atoms with Gasteiger partial charge >= 0.3 is 5.97 Å². The maximum atomic E-state index is 11.2. The third kappa shape index (κ3) is 5.37. The second-order valence-electron chi connectivity index (χ2n) is 10.2. The maximum Gasteiger partial charge on any atom is 0.335 e. The zero-order chi connectivity index (χ0) is 25.3. The van der Waals surface area contributed by atoms with Gasteiger partial charge in [0.1, 0.15) is 15.8 Å². The SMILES string of the molecule is COc1cc(C(=O)O)ccc1NSc1csc(-c2ccc3ccc(C4CCC(C)(C)CC4)cc3c2)n1. The van der Waals surface area contributed by atoms with Crippen molar-refractivity contribution in [2.45, 2.75) is 50.5 Å². The number of methoxy groups -OCH3 is 1. The van der Waals surface area contributed by atoms with Crippen LogP contribution >= 0.6 is 23.3 Å². The molecule has 0 unspecified atom stereocenters. The van der Waals surface area contributed by atoms with Gasteiger partial charge in [-0.2, -0.15) is 0 Å². The summed E-state index contributed by atoms with van der Waals surface area (Å²) in [4.78, 5) is 16.0. The molecule has 0 spiro atoms. The number of benzene rings is 3. The fourth-order valence-corrected chi connectivity index (χ4v) is 6.43. The van der Waals surface area contributed by atoms with Crippen LogP contribution in [-0.2, 0) is 0 Å². The summed E-state index contributed by atoms with van der Waals surface area (Å²) >= 11 is 2.99. The molecule has 0 aliphatic heterocycles. The molecule has 1 aromatic heterocycles. The Labute approximate surface area is 220 Å². The van der Waals surface area contributed by atoms with E-state index in [1.807, 2.05) is 5.38 Å². The molecule has 1 saturated carbocycles. The number of hydrogen-bond donors (Lipinski definition) is 2. The molecule has 5 nitrogen and oxygen atoms in total. The second kappa shape index (κ2) is 10.1. The number of aromatic carboxylic acids is 1. The van der Waals surface area contributed by atoms with Crippen LogP contribution in [0.3, 0.4) is 0 Å². The molecule has 0 amide bonds. The quantitative estimate of drug-likeness (QED) is 0.239. The average Bonchev–Trinajstić information content (AvgIpc) is 3.35. The molecule has 4 aromatic rings. The number of fused-ring (bicyclic) bond motifs is 1. The van der Waals surface area contributed by atoms with Crippen LogP contribution in [0.25, 0.3) is 21.3 Å². The van der Waals surface area contributed by atoms with Crippen molar-refractivity contribution < 1.29 is 14.6 Å². The van der Waals surface area contributed by atoms with Gasteiger partial charge in [0.2, 0.25) is 0 Å². The molecule has 2 N–H and O–H groups in total. The first kappa shape index (κ1) is 24.7. The summed E-state index contributed by atoms with van der Waals surface area (Å²) in [7, 11) is 1.53. The van der Waals surface area contributed by atoms with Gasteiger partial charge in [-0.3, -0.25) is 0 Å². The highest BCUT2D eigenvalue weighted by molar-refractivity contribution is 8.00. The molecule has 1 fully saturated rings. The molecule has 0 radical (unpaired) electrons. The van der Waals surface area contributed by atoms with E-state index in [4.69, 9.17) is 9.72 Å². The highest BCUT2D eigenvalue weighted by Crippen LogP contribution is 2.43. The minimum Gasteiger partial charge on any atom is -0.495 e. The number of ether oxygens (including phenoxy) is 1. The molecule has 0 atom stereocenters. The highest BCUT2D eigenvalue weighted by atomic mass is 32.2. The van der Waals surface area contributed by atoms with E-state index in [1.54, 1.807) is 23.5 Å². The van der Waals surface area contributed by atoms with Crippen molar-refractivity contribution in [2.75, 3.05) is 11.8 Å². The average molecular weight is 519 g/mol. The number of carboxylic acid groups (broad SMARTS) is 1. The van der Waals surface area contributed by atoms with E-state index in [-0.39, 0.29) is 5.56 Å². The van der Waals surface area contributed by atoms with Gasteiger partial charge in [-0.1, -0.05) is 44.2 Å². The van der Waals surface area contributed by atoms with Gasteiger partial charge in [0.05, 0.1) is 18.4 Å². The van der Waals surface area contributed by atoms with Crippen molar-refractivity contribution in [1.29, 1.82) is 0 Å². The molecule has 186 valence electrons. The van der Waals surface area contributed by atoms with Crippen LogP contribution in [0.2, 0.25) is 0 Å². The van der Waals surface area contributed by atoms with Crippen LogP contribution in [-0.4, -0.2) is 23.2 Å². The first-order valence-electron chi connectivity index (χ1n) is 12.2. The third-order valence-electron chi connectivity index (χ3n) is 7.12. The first-order chi connectivity index (χ1) is 17.3. The first-order valence-corrected chi connectivity index (χ1v) is 13.8. The Bertz CT molecular complexity index is 1400. The molecule has 7 heteroatoms. The number of carboxylic acids is 1. The summed E-state index contributed by atoms with van der Waals surface area (Å²) in [6.07, 6.45) is 5.11. The number of carbonyl (C=O) groups is 1. The van der Waals surface area contributed by atoms with E-state index < -0.39 is 5.97 Å². The Morgan fingerprint density at radius 3 is 2.61 bits per heavy atom. The Balaban J connectivity index is 1.31. The number of anilines is 1. The largest absolute Gasteiger partial charge is 0.495 e. The molecule has 1 heterocycles. The molecular weight excluding hydrogens is 488 g/mol. The smallest absolute Gasteiger partial charge is 0.335 e. The lowest BCUT2D eigenvalue weighted by atomic mass is 9.71. The number of nitrogens with one attached hydrogen (secondary N) is 1. The summed E-state index contributed by atoms with van der Waals surface area (Å²) in [6.45, 7) is 4.77. The minimum atomic E-state index is -0.984. The Kier molecular flexibility index (Phi) is 6.95. The van der Waals surface area contributed by atoms with E-state index in [0.29, 0.717) is 22.8 Å². The zero-order valence-electron chi connectivity index (χ0n) is 20.7. The number of thiazole rings is 1. The molecule has 1 aliphatic carbocycles. The fraction of sp³-hybridized carbons (Fsp3) is 0.310. The molecule has 3 aromatic carbocycles. The van der Waals surface area contributed by atoms with Gasteiger partial charge in [0.25, 0.3) is 0 Å². The van der Waals surface area contributed by atoms with E-state index in [9.17, 15) is 9.90 Å². The monoisotopic (exact) mass is 518 g/mol. The topological polar surface area (TPSA) is 71.5 Å². The number of aromatic nitrogens is 1. The molecule has 36 heavy (non-hydrogen) atoms. The number of rotatable bonds is 7. The van der Waals surface area contributed by atoms with Crippen LogP contribution in [0, 0.1) is 5.41 Å². The predicted molar refractivity (Wildman–Crippen MR) is 149 cm³/mol. The normalized spacial score (nSPS) is 15.6. The summed E-state index contributed by atoms with van der Waals surface area (Å²) in [6, 6.07) is 18.3. The summed E-state index contributed by atoms with van der Waals surface area (Å²) in [5.41, 5.74) is 3.93. The van der Waals surface area contributed by atoms with Crippen LogP contribution in [0.5, 0.6) is 5.75 Å². The van der Waals surface area contributed by atoms with Crippen molar-refractivity contribution in [2.24, 2.45) is 5.41 Å². The van der Waals surface area contributed by atoms with Gasteiger partial charge in [-0.25, -0.2) is 9.78 Å².